The summed E-state index contributed by atoms with van der Waals surface area (Å²) < 4.78 is 68.7. The molecule has 3 aromatic rings. The monoisotopic (exact) mass is 480 g/mol. The lowest BCUT2D eigenvalue weighted by molar-refractivity contribution is -0.274. The van der Waals surface area contributed by atoms with Crippen LogP contribution >= 0.6 is 0 Å². The maximum atomic E-state index is 12.5. The number of para-hydroxylation sites is 1. The maximum absolute atomic E-state index is 12.5. The standard InChI is InChI=1S/C21H19F3N4O4S/c22-21(23,24)32-19-4-2-1-3-16(19)14-33(30,31)28-18-7-5-17(6-8-18)27-20(29)26-13-15-9-11-25-12-10-15/h1-12,28H,13-14H2,(H2,26,27,29). The summed E-state index contributed by atoms with van der Waals surface area (Å²) in [6.45, 7) is 0.297. The van der Waals surface area contributed by atoms with Crippen molar-refractivity contribution in [3.8, 4) is 5.75 Å². The number of pyridine rings is 1. The molecule has 0 bridgehead atoms. The Morgan fingerprint density at radius 2 is 1.58 bits per heavy atom. The fourth-order valence-electron chi connectivity index (χ4n) is 2.75. The third-order valence-corrected chi connectivity index (χ3v) is 5.40. The lowest BCUT2D eigenvalue weighted by Crippen LogP contribution is -2.28. The van der Waals surface area contributed by atoms with Crippen LogP contribution in [0.3, 0.4) is 0 Å². The molecule has 0 unspecified atom stereocenters. The minimum absolute atomic E-state index is 0.147. The molecule has 33 heavy (non-hydrogen) atoms. The lowest BCUT2D eigenvalue weighted by atomic mass is 10.2. The second-order valence-electron chi connectivity index (χ2n) is 6.76. The van der Waals surface area contributed by atoms with Crippen LogP contribution < -0.4 is 20.1 Å². The van der Waals surface area contributed by atoms with Gasteiger partial charge >= 0.3 is 12.4 Å². The number of ether oxygens (including phenoxy) is 1. The van der Waals surface area contributed by atoms with Crippen molar-refractivity contribution in [2.75, 3.05) is 10.0 Å². The largest absolute Gasteiger partial charge is 0.573 e. The number of benzene rings is 2. The van der Waals surface area contributed by atoms with Gasteiger partial charge in [-0.1, -0.05) is 18.2 Å². The van der Waals surface area contributed by atoms with Gasteiger partial charge in [0, 0.05) is 35.9 Å². The molecule has 2 amide bonds. The summed E-state index contributed by atoms with van der Waals surface area (Å²) in [5, 5.41) is 5.27. The Balaban J connectivity index is 1.57. The number of nitrogens with one attached hydrogen (secondary N) is 3. The minimum atomic E-state index is -4.94. The molecule has 12 heteroatoms. The zero-order valence-electron chi connectivity index (χ0n) is 17.0. The SMILES string of the molecule is O=C(NCc1ccncc1)Nc1ccc(NS(=O)(=O)Cc2ccccc2OC(F)(F)F)cc1. The number of alkyl halides is 3. The zero-order chi connectivity index (χ0) is 23.9. The first-order chi connectivity index (χ1) is 15.6. The lowest BCUT2D eigenvalue weighted by Gasteiger charge is -2.14. The molecule has 0 spiro atoms. The minimum Gasteiger partial charge on any atom is -0.405 e. The predicted molar refractivity (Wildman–Crippen MR) is 116 cm³/mol. The quantitative estimate of drug-likeness (QED) is 0.447. The average Bonchev–Trinajstić information content (AvgIpc) is 2.74. The van der Waals surface area contributed by atoms with Gasteiger partial charge in [-0.2, -0.15) is 0 Å². The van der Waals surface area contributed by atoms with Gasteiger partial charge in [0.2, 0.25) is 10.0 Å². The summed E-state index contributed by atoms with van der Waals surface area (Å²) in [4.78, 5) is 15.9. The van der Waals surface area contributed by atoms with Crippen molar-refractivity contribution in [3.05, 3.63) is 84.2 Å². The molecule has 0 atom stereocenters. The first-order valence-corrected chi connectivity index (χ1v) is 11.1. The Labute approximate surface area is 187 Å². The van der Waals surface area contributed by atoms with E-state index in [4.69, 9.17) is 0 Å². The fraction of sp³-hybridized carbons (Fsp3) is 0.143. The molecule has 0 radical (unpaired) electrons. The van der Waals surface area contributed by atoms with E-state index in [9.17, 15) is 26.4 Å². The van der Waals surface area contributed by atoms with E-state index in [-0.39, 0.29) is 11.3 Å². The van der Waals surface area contributed by atoms with Gasteiger partial charge in [0.15, 0.2) is 0 Å². The van der Waals surface area contributed by atoms with Crippen LogP contribution in [0.1, 0.15) is 11.1 Å². The van der Waals surface area contributed by atoms with Crippen LogP contribution in [0.4, 0.5) is 29.3 Å². The molecule has 8 nitrogen and oxygen atoms in total. The molecule has 1 aromatic heterocycles. The van der Waals surface area contributed by atoms with Gasteiger partial charge in [-0.25, -0.2) is 13.2 Å². The molecule has 0 aliphatic rings. The van der Waals surface area contributed by atoms with E-state index in [1.807, 2.05) is 0 Å². The van der Waals surface area contributed by atoms with Crippen LogP contribution in [-0.4, -0.2) is 25.8 Å². The van der Waals surface area contributed by atoms with E-state index < -0.39 is 33.9 Å². The number of urea groups is 1. The van der Waals surface area contributed by atoms with E-state index >= 15 is 0 Å². The number of rotatable bonds is 8. The van der Waals surface area contributed by atoms with Crippen LogP contribution in [0.5, 0.6) is 5.75 Å². The topological polar surface area (TPSA) is 109 Å². The van der Waals surface area contributed by atoms with Gasteiger partial charge in [-0.15, -0.1) is 13.2 Å². The Morgan fingerprint density at radius 3 is 2.24 bits per heavy atom. The maximum Gasteiger partial charge on any atom is 0.573 e. The van der Waals surface area contributed by atoms with Crippen LogP contribution in [0.2, 0.25) is 0 Å². The fourth-order valence-corrected chi connectivity index (χ4v) is 3.96. The van der Waals surface area contributed by atoms with E-state index in [0.29, 0.717) is 12.2 Å². The second kappa shape index (κ2) is 10.2. The number of amides is 2. The normalized spacial score (nSPS) is 11.5. The van der Waals surface area contributed by atoms with Crippen molar-refractivity contribution in [3.63, 3.8) is 0 Å². The number of anilines is 2. The highest BCUT2D eigenvalue weighted by Crippen LogP contribution is 2.28. The van der Waals surface area contributed by atoms with Gasteiger partial charge in [-0.05, 0) is 48.0 Å². The number of halogens is 3. The Hall–Kier alpha value is -3.80. The van der Waals surface area contributed by atoms with Crippen molar-refractivity contribution in [1.82, 2.24) is 10.3 Å². The third kappa shape index (κ3) is 8.00. The van der Waals surface area contributed by atoms with Crippen molar-refractivity contribution in [1.29, 1.82) is 0 Å². The molecule has 0 aliphatic heterocycles. The molecule has 3 N–H and O–H groups in total. The molecule has 0 saturated carbocycles. The molecule has 174 valence electrons. The smallest absolute Gasteiger partial charge is 0.405 e. The highest BCUT2D eigenvalue weighted by molar-refractivity contribution is 7.91. The first-order valence-electron chi connectivity index (χ1n) is 9.48. The van der Waals surface area contributed by atoms with Gasteiger partial charge < -0.3 is 15.4 Å². The van der Waals surface area contributed by atoms with Gasteiger partial charge in [0.25, 0.3) is 0 Å². The average molecular weight is 480 g/mol. The summed E-state index contributed by atoms with van der Waals surface area (Å²) in [5.41, 5.74) is 1.31. The number of carbonyl (C=O) groups excluding carboxylic acids is 1. The number of sulfonamides is 1. The molecule has 3 rings (SSSR count). The van der Waals surface area contributed by atoms with Crippen molar-refractivity contribution in [2.45, 2.75) is 18.7 Å². The Kier molecular flexibility index (Phi) is 7.38. The molecule has 0 aliphatic carbocycles. The van der Waals surface area contributed by atoms with Gasteiger partial charge in [-0.3, -0.25) is 9.71 Å². The third-order valence-electron chi connectivity index (χ3n) is 4.16. The first kappa shape index (κ1) is 23.9. The van der Waals surface area contributed by atoms with Crippen LogP contribution in [-0.2, 0) is 22.3 Å². The number of hydrogen-bond acceptors (Lipinski definition) is 5. The molecule has 1 heterocycles. The Bertz CT molecular complexity index is 1190. The molecule has 0 saturated heterocycles. The van der Waals surface area contributed by atoms with E-state index in [1.54, 1.807) is 24.5 Å². The van der Waals surface area contributed by atoms with Crippen molar-refractivity contribution in [2.24, 2.45) is 0 Å². The number of hydrogen-bond donors (Lipinski definition) is 3. The summed E-state index contributed by atoms with van der Waals surface area (Å²) in [6, 6.07) is 13.8. The van der Waals surface area contributed by atoms with Crippen LogP contribution in [0.15, 0.2) is 73.1 Å². The second-order valence-corrected chi connectivity index (χ2v) is 8.48. The summed E-state index contributed by atoms with van der Waals surface area (Å²) in [6.07, 6.45) is -1.73. The van der Waals surface area contributed by atoms with Gasteiger partial charge in [0.05, 0.1) is 5.75 Å². The van der Waals surface area contributed by atoms with E-state index in [2.05, 4.69) is 25.1 Å². The molecule has 0 fully saturated rings. The van der Waals surface area contributed by atoms with E-state index in [1.165, 1.54) is 42.5 Å². The highest BCUT2D eigenvalue weighted by Gasteiger charge is 2.32. The predicted octanol–water partition coefficient (Wildman–Crippen LogP) is 4.24. The summed E-state index contributed by atoms with van der Waals surface area (Å²) in [5.74, 6) is -1.32. The highest BCUT2D eigenvalue weighted by atomic mass is 32.2. The van der Waals surface area contributed by atoms with E-state index in [0.717, 1.165) is 11.6 Å². The summed E-state index contributed by atoms with van der Waals surface area (Å²) >= 11 is 0. The van der Waals surface area contributed by atoms with Gasteiger partial charge in [0.1, 0.15) is 5.75 Å². The Morgan fingerprint density at radius 1 is 0.939 bits per heavy atom. The number of nitrogens with zero attached hydrogens (tertiary/aromatic N) is 1. The van der Waals surface area contributed by atoms with Crippen molar-refractivity contribution >= 4 is 27.4 Å². The molecular weight excluding hydrogens is 461 g/mol. The summed E-state index contributed by atoms with van der Waals surface area (Å²) in [7, 11) is -4.04. The van der Waals surface area contributed by atoms with Crippen LogP contribution in [0.25, 0.3) is 0 Å². The van der Waals surface area contributed by atoms with Crippen LogP contribution in [0, 0.1) is 0 Å². The number of aromatic nitrogens is 1. The van der Waals surface area contributed by atoms with Crippen molar-refractivity contribution < 1.29 is 31.1 Å². The zero-order valence-corrected chi connectivity index (χ0v) is 17.8. The number of carbonyl (C=O) groups is 1. The molecular formula is C21H19F3N4O4S. The molecule has 2 aromatic carbocycles.